The Morgan fingerprint density at radius 1 is 1.43 bits per heavy atom. The summed E-state index contributed by atoms with van der Waals surface area (Å²) >= 11 is 0. The number of hydrazine groups is 1. The van der Waals surface area contributed by atoms with Gasteiger partial charge in [-0.15, -0.1) is 0 Å². The number of nitrogens with one attached hydrogen (secondary N) is 1. The molecule has 0 heterocycles. The lowest BCUT2D eigenvalue weighted by atomic mass is 9.79. The van der Waals surface area contributed by atoms with Crippen molar-refractivity contribution in [2.24, 2.45) is 17.6 Å². The monoisotopic (exact) mass is 199 g/mol. The molecule has 1 fully saturated rings. The van der Waals surface area contributed by atoms with Gasteiger partial charge in [0.1, 0.15) is 0 Å². The average Bonchev–Trinajstić information content (AvgIpc) is 2.08. The van der Waals surface area contributed by atoms with Crippen LogP contribution in [0.3, 0.4) is 0 Å². The highest BCUT2D eigenvalue weighted by atomic mass is 16.2. The molecule has 4 nitrogen and oxygen atoms in total. The molecule has 0 aromatic carbocycles. The molecule has 14 heavy (non-hydrogen) atoms. The highest BCUT2D eigenvalue weighted by molar-refractivity contribution is 5.78. The second kappa shape index (κ2) is 4.75. The Hall–Kier alpha value is -0.610. The summed E-state index contributed by atoms with van der Waals surface area (Å²) in [5.41, 5.74) is 8.73. The Morgan fingerprint density at radius 2 is 2.07 bits per heavy atom. The lowest BCUT2D eigenvalue weighted by Crippen LogP contribution is -2.45. The van der Waals surface area contributed by atoms with Crippen LogP contribution in [0.25, 0.3) is 0 Å². The molecule has 3 unspecified atom stereocenters. The van der Waals surface area contributed by atoms with Crippen molar-refractivity contribution in [1.82, 2.24) is 10.4 Å². The fraction of sp³-hybridized carbons (Fsp3) is 0.900. The van der Waals surface area contributed by atoms with E-state index in [1.807, 2.05) is 14.1 Å². The molecule has 0 aliphatic heterocycles. The summed E-state index contributed by atoms with van der Waals surface area (Å²) in [4.78, 5) is 11.7. The van der Waals surface area contributed by atoms with Crippen LogP contribution in [0, 0.1) is 11.8 Å². The summed E-state index contributed by atoms with van der Waals surface area (Å²) in [6, 6.07) is 0.182. The maximum absolute atomic E-state index is 11.7. The average molecular weight is 199 g/mol. The van der Waals surface area contributed by atoms with Crippen molar-refractivity contribution in [3.05, 3.63) is 0 Å². The van der Waals surface area contributed by atoms with Gasteiger partial charge in [-0.25, -0.2) is 5.01 Å². The van der Waals surface area contributed by atoms with E-state index in [-0.39, 0.29) is 17.9 Å². The van der Waals surface area contributed by atoms with Gasteiger partial charge in [0.15, 0.2) is 0 Å². The fourth-order valence-electron chi connectivity index (χ4n) is 1.91. The van der Waals surface area contributed by atoms with Crippen molar-refractivity contribution in [3.63, 3.8) is 0 Å². The number of nitrogens with two attached hydrogens (primary N) is 1. The van der Waals surface area contributed by atoms with Gasteiger partial charge in [0.2, 0.25) is 5.91 Å². The molecule has 1 rings (SSSR count). The van der Waals surface area contributed by atoms with Crippen LogP contribution < -0.4 is 11.2 Å². The summed E-state index contributed by atoms with van der Waals surface area (Å²) in [7, 11) is 3.65. The molecule has 0 spiro atoms. The van der Waals surface area contributed by atoms with E-state index < -0.39 is 0 Å². The second-order valence-corrected chi connectivity index (χ2v) is 4.52. The molecule has 0 aromatic heterocycles. The first-order chi connectivity index (χ1) is 6.50. The zero-order valence-corrected chi connectivity index (χ0v) is 9.29. The van der Waals surface area contributed by atoms with E-state index in [1.165, 1.54) is 0 Å². The molecule has 0 radical (unpaired) electrons. The van der Waals surface area contributed by atoms with Crippen molar-refractivity contribution < 1.29 is 4.79 Å². The molecule has 3 N–H and O–H groups in total. The van der Waals surface area contributed by atoms with E-state index >= 15 is 0 Å². The van der Waals surface area contributed by atoms with Crippen LogP contribution >= 0.6 is 0 Å². The van der Waals surface area contributed by atoms with Crippen LogP contribution in [0.5, 0.6) is 0 Å². The lowest BCUT2D eigenvalue weighted by molar-refractivity contribution is -0.130. The lowest BCUT2D eigenvalue weighted by Gasteiger charge is -2.31. The zero-order chi connectivity index (χ0) is 10.7. The van der Waals surface area contributed by atoms with Crippen LogP contribution in [-0.4, -0.2) is 31.1 Å². The molecule has 0 bridgehead atoms. The van der Waals surface area contributed by atoms with Gasteiger partial charge in [-0.1, -0.05) is 6.92 Å². The van der Waals surface area contributed by atoms with Gasteiger partial charge in [0.25, 0.3) is 0 Å². The van der Waals surface area contributed by atoms with Gasteiger partial charge in [-0.3, -0.25) is 10.2 Å². The highest BCUT2D eigenvalue weighted by Gasteiger charge is 2.29. The highest BCUT2D eigenvalue weighted by Crippen LogP contribution is 2.27. The quantitative estimate of drug-likeness (QED) is 0.631. The Morgan fingerprint density at radius 3 is 2.57 bits per heavy atom. The molecule has 0 aromatic rings. The predicted octanol–water partition coefficient (Wildman–Crippen LogP) is 0.343. The Labute approximate surface area is 85.8 Å². The van der Waals surface area contributed by atoms with E-state index in [1.54, 1.807) is 5.01 Å². The van der Waals surface area contributed by atoms with Crippen molar-refractivity contribution in [2.75, 3.05) is 14.1 Å². The minimum Gasteiger partial charge on any atom is -0.327 e. The molecule has 82 valence electrons. The van der Waals surface area contributed by atoms with Crippen LogP contribution in [0.4, 0.5) is 0 Å². The summed E-state index contributed by atoms with van der Waals surface area (Å²) in [5, 5.41) is 1.69. The molecular formula is C10H21N3O. The standard InChI is InChI=1S/C10H21N3O/c1-7-4-5-8(6-9(7)11)10(14)12-13(2)3/h7-9H,4-6,11H2,1-3H3,(H,12,14). The van der Waals surface area contributed by atoms with E-state index in [0.717, 1.165) is 19.3 Å². The maximum atomic E-state index is 11.7. The van der Waals surface area contributed by atoms with Gasteiger partial charge < -0.3 is 5.73 Å². The molecule has 4 heteroatoms. The minimum atomic E-state index is 0.101. The molecule has 1 aliphatic rings. The van der Waals surface area contributed by atoms with Crippen LogP contribution in [-0.2, 0) is 4.79 Å². The van der Waals surface area contributed by atoms with Gasteiger partial charge >= 0.3 is 0 Å². The van der Waals surface area contributed by atoms with Crippen LogP contribution in [0.15, 0.2) is 0 Å². The van der Waals surface area contributed by atoms with E-state index in [2.05, 4.69) is 12.3 Å². The van der Waals surface area contributed by atoms with Crippen LogP contribution in [0.2, 0.25) is 0 Å². The van der Waals surface area contributed by atoms with Gasteiger partial charge in [-0.05, 0) is 25.2 Å². The predicted molar refractivity (Wildman–Crippen MR) is 56.3 cm³/mol. The maximum Gasteiger partial charge on any atom is 0.237 e. The summed E-state index contributed by atoms with van der Waals surface area (Å²) in [6.45, 7) is 2.16. The molecular weight excluding hydrogens is 178 g/mol. The van der Waals surface area contributed by atoms with Crippen molar-refractivity contribution in [1.29, 1.82) is 0 Å². The Bertz CT molecular complexity index is 206. The number of hydrogen-bond donors (Lipinski definition) is 2. The Kier molecular flexibility index (Phi) is 3.89. The molecule has 1 saturated carbocycles. The topological polar surface area (TPSA) is 58.4 Å². The Balaban J connectivity index is 2.42. The number of carbonyl (C=O) groups is 1. The summed E-state index contributed by atoms with van der Waals surface area (Å²) < 4.78 is 0. The van der Waals surface area contributed by atoms with Crippen molar-refractivity contribution in [2.45, 2.75) is 32.2 Å². The molecule has 0 saturated heterocycles. The minimum absolute atomic E-state index is 0.101. The summed E-state index contributed by atoms with van der Waals surface area (Å²) in [5.74, 6) is 0.763. The summed E-state index contributed by atoms with van der Waals surface area (Å²) in [6.07, 6.45) is 2.85. The van der Waals surface area contributed by atoms with Gasteiger partial charge in [-0.2, -0.15) is 0 Å². The third kappa shape index (κ3) is 2.96. The number of nitrogens with zero attached hydrogens (tertiary/aromatic N) is 1. The molecule has 1 amide bonds. The first-order valence-electron chi connectivity index (χ1n) is 5.24. The number of carbonyl (C=O) groups excluding carboxylic acids is 1. The zero-order valence-electron chi connectivity index (χ0n) is 9.29. The largest absolute Gasteiger partial charge is 0.327 e. The van der Waals surface area contributed by atoms with Crippen molar-refractivity contribution >= 4 is 5.91 Å². The third-order valence-electron chi connectivity index (χ3n) is 2.96. The molecule has 1 aliphatic carbocycles. The SMILES string of the molecule is CC1CCC(C(=O)NN(C)C)CC1N. The first-order valence-corrected chi connectivity index (χ1v) is 5.24. The molecule has 3 atom stereocenters. The normalized spacial score (nSPS) is 33.1. The van der Waals surface area contributed by atoms with Gasteiger partial charge in [0.05, 0.1) is 0 Å². The van der Waals surface area contributed by atoms with E-state index in [9.17, 15) is 4.79 Å². The van der Waals surface area contributed by atoms with Gasteiger partial charge in [0, 0.05) is 26.1 Å². The second-order valence-electron chi connectivity index (χ2n) is 4.52. The van der Waals surface area contributed by atoms with E-state index in [4.69, 9.17) is 5.73 Å². The smallest absolute Gasteiger partial charge is 0.237 e. The number of rotatable bonds is 2. The third-order valence-corrected chi connectivity index (χ3v) is 2.96. The number of hydrogen-bond acceptors (Lipinski definition) is 3. The number of amides is 1. The van der Waals surface area contributed by atoms with Crippen LogP contribution in [0.1, 0.15) is 26.2 Å². The first kappa shape index (κ1) is 11.5. The van der Waals surface area contributed by atoms with Crippen molar-refractivity contribution in [3.8, 4) is 0 Å². The van der Waals surface area contributed by atoms with E-state index in [0.29, 0.717) is 5.92 Å². The fourth-order valence-corrected chi connectivity index (χ4v) is 1.91.